The van der Waals surface area contributed by atoms with E-state index in [9.17, 15) is 9.59 Å². The lowest BCUT2D eigenvalue weighted by Gasteiger charge is -2.05. The van der Waals surface area contributed by atoms with Gasteiger partial charge < -0.3 is 9.30 Å². The van der Waals surface area contributed by atoms with Crippen LogP contribution in [0.3, 0.4) is 0 Å². The minimum absolute atomic E-state index is 0.00820. The average Bonchev–Trinajstić information content (AvgIpc) is 2.92. The number of halogens is 1. The summed E-state index contributed by atoms with van der Waals surface area (Å²) in [6, 6.07) is 10.6. The molecule has 0 aliphatic carbocycles. The molecular weight excluding hydrogens is 372 g/mol. The van der Waals surface area contributed by atoms with Crippen molar-refractivity contribution in [3.05, 3.63) is 62.9 Å². The van der Waals surface area contributed by atoms with Crippen molar-refractivity contribution in [2.24, 2.45) is 4.99 Å². The van der Waals surface area contributed by atoms with Crippen molar-refractivity contribution in [2.75, 3.05) is 7.11 Å². The Morgan fingerprint density at radius 3 is 2.46 bits per heavy atom. The number of methoxy groups -OCH3 is 1. The largest absolute Gasteiger partial charge is 0.468 e. The number of nitrogens with zero attached hydrogens (tertiary/aromatic N) is 2. The van der Waals surface area contributed by atoms with E-state index >= 15 is 0 Å². The Morgan fingerprint density at radius 1 is 1.15 bits per heavy atom. The van der Waals surface area contributed by atoms with E-state index in [0.717, 1.165) is 21.3 Å². The van der Waals surface area contributed by atoms with Gasteiger partial charge in [-0.05, 0) is 61.4 Å². The zero-order valence-corrected chi connectivity index (χ0v) is 16.1. The van der Waals surface area contributed by atoms with Crippen LogP contribution in [0.5, 0.6) is 0 Å². The van der Waals surface area contributed by atoms with E-state index in [2.05, 4.69) is 4.99 Å². The van der Waals surface area contributed by atoms with Crippen molar-refractivity contribution in [2.45, 2.75) is 20.4 Å². The maximum absolute atomic E-state index is 12.5. The Morgan fingerprint density at radius 2 is 1.81 bits per heavy atom. The lowest BCUT2D eigenvalue weighted by molar-refractivity contribution is -0.141. The number of hydrogen-bond acceptors (Lipinski definition) is 4. The number of benzene rings is 2. The molecule has 0 radical (unpaired) electrons. The highest BCUT2D eigenvalue weighted by Crippen LogP contribution is 2.22. The third kappa shape index (κ3) is 3.71. The van der Waals surface area contributed by atoms with Crippen molar-refractivity contribution in [1.82, 2.24) is 4.57 Å². The first kappa shape index (κ1) is 18.4. The van der Waals surface area contributed by atoms with Crippen molar-refractivity contribution >= 4 is 45.0 Å². The van der Waals surface area contributed by atoms with Crippen LogP contribution in [0.4, 0.5) is 0 Å². The molecule has 0 fully saturated rings. The van der Waals surface area contributed by atoms with E-state index in [1.54, 1.807) is 28.8 Å². The molecule has 0 N–H and O–H groups in total. The van der Waals surface area contributed by atoms with Crippen LogP contribution < -0.4 is 4.80 Å². The smallest absolute Gasteiger partial charge is 0.325 e. The molecule has 0 atom stereocenters. The van der Waals surface area contributed by atoms with Gasteiger partial charge in [0.1, 0.15) is 6.54 Å². The van der Waals surface area contributed by atoms with Gasteiger partial charge >= 0.3 is 5.97 Å². The first-order valence-corrected chi connectivity index (χ1v) is 9.10. The molecule has 0 aliphatic heterocycles. The molecule has 1 amide bonds. The lowest BCUT2D eigenvalue weighted by Crippen LogP contribution is -2.22. The fourth-order valence-corrected chi connectivity index (χ4v) is 3.73. The molecule has 134 valence electrons. The number of carbonyl (C=O) groups is 2. The fourth-order valence-electron chi connectivity index (χ4n) is 2.50. The molecule has 26 heavy (non-hydrogen) atoms. The summed E-state index contributed by atoms with van der Waals surface area (Å²) in [6.07, 6.45) is 0. The van der Waals surface area contributed by atoms with Gasteiger partial charge in [-0.15, -0.1) is 0 Å². The van der Waals surface area contributed by atoms with Gasteiger partial charge in [0.25, 0.3) is 5.91 Å². The molecule has 3 rings (SSSR count). The SMILES string of the molecule is COC(=O)Cn1c(=NC(=O)c2ccc(Cl)cc2)sc2cc(C)c(C)cc21. The van der Waals surface area contributed by atoms with Crippen LogP contribution in [-0.2, 0) is 16.1 Å². The fraction of sp³-hybridized carbons (Fsp3) is 0.211. The number of esters is 1. The number of hydrogen-bond donors (Lipinski definition) is 0. The van der Waals surface area contributed by atoms with E-state index < -0.39 is 5.97 Å². The van der Waals surface area contributed by atoms with Gasteiger partial charge in [0.05, 0.1) is 17.3 Å². The van der Waals surface area contributed by atoms with Gasteiger partial charge in [0.2, 0.25) is 0 Å². The van der Waals surface area contributed by atoms with Gasteiger partial charge in [-0.1, -0.05) is 22.9 Å². The minimum atomic E-state index is -0.400. The summed E-state index contributed by atoms with van der Waals surface area (Å²) in [7, 11) is 1.34. The van der Waals surface area contributed by atoms with Crippen LogP contribution in [0.15, 0.2) is 41.4 Å². The predicted octanol–water partition coefficient (Wildman–Crippen LogP) is 3.89. The zero-order chi connectivity index (χ0) is 18.8. The lowest BCUT2D eigenvalue weighted by atomic mass is 10.1. The maximum atomic E-state index is 12.5. The van der Waals surface area contributed by atoms with Gasteiger partial charge in [-0.3, -0.25) is 9.59 Å². The molecule has 0 saturated carbocycles. The molecule has 0 bridgehead atoms. The highest BCUT2D eigenvalue weighted by molar-refractivity contribution is 7.16. The van der Waals surface area contributed by atoms with Gasteiger partial charge in [0, 0.05) is 10.6 Å². The summed E-state index contributed by atoms with van der Waals surface area (Å²) in [4.78, 5) is 29.0. The Kier molecular flexibility index (Phi) is 5.25. The van der Waals surface area contributed by atoms with Crippen molar-refractivity contribution in [3.63, 3.8) is 0 Å². The Labute approximate surface area is 159 Å². The van der Waals surface area contributed by atoms with Crippen LogP contribution >= 0.6 is 22.9 Å². The quantitative estimate of drug-likeness (QED) is 0.639. The van der Waals surface area contributed by atoms with E-state index in [-0.39, 0.29) is 12.5 Å². The van der Waals surface area contributed by atoms with E-state index in [1.807, 2.05) is 26.0 Å². The van der Waals surface area contributed by atoms with Gasteiger partial charge in [-0.25, -0.2) is 0 Å². The molecule has 0 unspecified atom stereocenters. The second-order valence-electron chi connectivity index (χ2n) is 5.87. The number of ether oxygens (including phenoxy) is 1. The molecule has 3 aromatic rings. The van der Waals surface area contributed by atoms with Crippen LogP contribution in [0.25, 0.3) is 10.2 Å². The van der Waals surface area contributed by atoms with Gasteiger partial charge in [0.15, 0.2) is 4.80 Å². The summed E-state index contributed by atoms with van der Waals surface area (Å²) < 4.78 is 7.46. The highest BCUT2D eigenvalue weighted by atomic mass is 35.5. The molecular formula is C19H17ClN2O3S. The summed E-state index contributed by atoms with van der Waals surface area (Å²) >= 11 is 7.23. The zero-order valence-electron chi connectivity index (χ0n) is 14.6. The standard InChI is InChI=1S/C19H17ClN2O3S/c1-11-8-15-16(9-12(11)2)26-19(22(15)10-17(23)25-3)21-18(24)13-4-6-14(20)7-5-13/h4-9H,10H2,1-3H3. The van der Waals surface area contributed by atoms with Crippen LogP contribution in [0, 0.1) is 13.8 Å². The topological polar surface area (TPSA) is 60.7 Å². The first-order valence-electron chi connectivity index (χ1n) is 7.91. The van der Waals surface area contributed by atoms with E-state index in [4.69, 9.17) is 16.3 Å². The first-order chi connectivity index (χ1) is 12.4. The predicted molar refractivity (Wildman–Crippen MR) is 103 cm³/mol. The van der Waals surface area contributed by atoms with Crippen molar-refractivity contribution in [1.29, 1.82) is 0 Å². The average molecular weight is 389 g/mol. The minimum Gasteiger partial charge on any atom is -0.468 e. The van der Waals surface area contributed by atoms with Gasteiger partial charge in [-0.2, -0.15) is 4.99 Å². The molecule has 5 nitrogen and oxygen atoms in total. The second-order valence-corrected chi connectivity index (χ2v) is 7.32. The number of fused-ring (bicyclic) bond motifs is 1. The molecule has 1 aromatic heterocycles. The van der Waals surface area contributed by atoms with Crippen LogP contribution in [0.2, 0.25) is 5.02 Å². The summed E-state index contributed by atoms with van der Waals surface area (Å²) in [6.45, 7) is 4.02. The van der Waals surface area contributed by atoms with Crippen molar-refractivity contribution in [3.8, 4) is 0 Å². The van der Waals surface area contributed by atoms with E-state index in [0.29, 0.717) is 15.4 Å². The maximum Gasteiger partial charge on any atom is 0.325 e. The van der Waals surface area contributed by atoms with Crippen molar-refractivity contribution < 1.29 is 14.3 Å². The molecule has 2 aromatic carbocycles. The number of aromatic nitrogens is 1. The van der Waals surface area contributed by atoms with Crippen LogP contribution in [-0.4, -0.2) is 23.6 Å². The Hall–Kier alpha value is -2.44. The normalized spacial score (nSPS) is 11.8. The summed E-state index contributed by atoms with van der Waals surface area (Å²) in [5.41, 5.74) is 3.53. The third-order valence-electron chi connectivity index (χ3n) is 4.10. The molecule has 0 aliphatic rings. The second kappa shape index (κ2) is 7.43. The highest BCUT2D eigenvalue weighted by Gasteiger charge is 2.13. The number of thiazole rings is 1. The number of amides is 1. The summed E-state index contributed by atoms with van der Waals surface area (Å²) in [5, 5.41) is 0.551. The third-order valence-corrected chi connectivity index (χ3v) is 5.39. The van der Waals surface area contributed by atoms with E-state index in [1.165, 1.54) is 18.4 Å². The van der Waals surface area contributed by atoms with Crippen LogP contribution in [0.1, 0.15) is 21.5 Å². The molecule has 0 saturated heterocycles. The summed E-state index contributed by atoms with van der Waals surface area (Å²) in [5.74, 6) is -0.788. The Bertz CT molecular complexity index is 1060. The molecule has 1 heterocycles. The number of carbonyl (C=O) groups excluding carboxylic acids is 2. The number of rotatable bonds is 3. The Balaban J connectivity index is 2.16. The number of aryl methyl sites for hydroxylation is 2. The molecule has 0 spiro atoms. The molecule has 7 heteroatoms. The monoisotopic (exact) mass is 388 g/mol.